The van der Waals surface area contributed by atoms with Crippen LogP contribution in [0.1, 0.15) is 18.4 Å². The fourth-order valence-corrected chi connectivity index (χ4v) is 3.36. The molecule has 4 rings (SSSR count). The van der Waals surface area contributed by atoms with Gasteiger partial charge in [0.05, 0.1) is 31.4 Å². The van der Waals surface area contributed by atoms with Gasteiger partial charge in [-0.05, 0) is 30.4 Å². The Morgan fingerprint density at radius 2 is 2.20 bits per heavy atom. The van der Waals surface area contributed by atoms with E-state index in [1.165, 1.54) is 0 Å². The lowest BCUT2D eigenvalue weighted by Gasteiger charge is -2.39. The van der Waals surface area contributed by atoms with Crippen LogP contribution in [0.25, 0.3) is 10.9 Å². The summed E-state index contributed by atoms with van der Waals surface area (Å²) in [6.45, 7) is 0.888. The molecule has 1 aliphatic carbocycles. The number of nitrogens with one attached hydrogen (secondary N) is 2. The molecule has 2 amide bonds. The number of benzene rings is 1. The Bertz CT molecular complexity index is 859. The van der Waals surface area contributed by atoms with Crippen molar-refractivity contribution in [2.75, 3.05) is 19.8 Å². The topological polar surface area (TPSA) is 94.7 Å². The second kappa shape index (κ2) is 6.16. The minimum atomic E-state index is -0.346. The number of amides is 2. The van der Waals surface area contributed by atoms with Crippen LogP contribution in [-0.2, 0) is 11.3 Å². The van der Waals surface area contributed by atoms with Gasteiger partial charge in [0.2, 0.25) is 0 Å². The number of fused-ring (bicyclic) bond motifs is 1. The van der Waals surface area contributed by atoms with Gasteiger partial charge in [-0.1, -0.05) is 18.2 Å². The molecule has 1 saturated carbocycles. The number of aromatic nitrogens is 1. The van der Waals surface area contributed by atoms with Crippen LogP contribution in [0.2, 0.25) is 0 Å². The van der Waals surface area contributed by atoms with Crippen molar-refractivity contribution in [3.63, 3.8) is 0 Å². The van der Waals surface area contributed by atoms with E-state index in [1.807, 2.05) is 24.3 Å². The Balaban J connectivity index is 1.48. The van der Waals surface area contributed by atoms with Crippen molar-refractivity contribution in [3.05, 3.63) is 46.2 Å². The highest BCUT2D eigenvalue weighted by molar-refractivity contribution is 5.79. The lowest BCUT2D eigenvalue weighted by atomic mass is 10.1. The first-order chi connectivity index (χ1) is 12.1. The SMILES string of the molecule is O=C(NCc1cc2ccccc2[nH]c1=O)N1CC(CO)OCC12CC2. The normalized spacial score (nSPS) is 21.5. The first-order valence-corrected chi connectivity index (χ1v) is 8.50. The number of carbonyl (C=O) groups is 1. The van der Waals surface area contributed by atoms with E-state index in [-0.39, 0.29) is 36.4 Å². The summed E-state index contributed by atoms with van der Waals surface area (Å²) in [4.78, 5) is 29.4. The predicted molar refractivity (Wildman–Crippen MR) is 92.3 cm³/mol. The molecule has 1 atom stereocenters. The van der Waals surface area contributed by atoms with Gasteiger partial charge in [0, 0.05) is 17.6 Å². The molecule has 1 aromatic carbocycles. The minimum absolute atomic E-state index is 0.107. The van der Waals surface area contributed by atoms with Crippen molar-refractivity contribution in [2.24, 2.45) is 0 Å². The van der Waals surface area contributed by atoms with E-state index in [4.69, 9.17) is 4.74 Å². The number of pyridine rings is 1. The van der Waals surface area contributed by atoms with Crippen molar-refractivity contribution in [1.82, 2.24) is 15.2 Å². The van der Waals surface area contributed by atoms with E-state index in [9.17, 15) is 14.7 Å². The van der Waals surface area contributed by atoms with Crippen LogP contribution in [0.4, 0.5) is 4.79 Å². The number of nitrogens with zero attached hydrogens (tertiary/aromatic N) is 1. The zero-order valence-corrected chi connectivity index (χ0v) is 13.8. The van der Waals surface area contributed by atoms with Crippen LogP contribution in [0.5, 0.6) is 0 Å². The number of H-pyrrole nitrogens is 1. The number of hydrogen-bond acceptors (Lipinski definition) is 4. The lowest BCUT2D eigenvalue weighted by molar-refractivity contribution is -0.0753. The second-order valence-corrected chi connectivity index (χ2v) is 6.82. The van der Waals surface area contributed by atoms with Gasteiger partial charge < -0.3 is 25.0 Å². The van der Waals surface area contributed by atoms with Crippen LogP contribution < -0.4 is 10.9 Å². The van der Waals surface area contributed by atoms with Crippen molar-refractivity contribution >= 4 is 16.9 Å². The molecule has 132 valence electrons. The van der Waals surface area contributed by atoms with Gasteiger partial charge in [-0.25, -0.2) is 4.79 Å². The van der Waals surface area contributed by atoms with E-state index in [0.717, 1.165) is 23.7 Å². The number of para-hydroxylation sites is 1. The Morgan fingerprint density at radius 1 is 1.40 bits per heavy atom. The molecule has 2 aromatic rings. The highest BCUT2D eigenvalue weighted by Crippen LogP contribution is 2.44. The molecule has 1 spiro atoms. The molecule has 2 heterocycles. The number of aliphatic hydroxyl groups excluding tert-OH is 1. The maximum Gasteiger partial charge on any atom is 0.318 e. The van der Waals surface area contributed by atoms with Gasteiger partial charge in [0.15, 0.2) is 0 Å². The summed E-state index contributed by atoms with van der Waals surface area (Å²) in [6.07, 6.45) is 1.48. The largest absolute Gasteiger partial charge is 0.394 e. The molecule has 2 fully saturated rings. The van der Waals surface area contributed by atoms with Crippen LogP contribution in [0.15, 0.2) is 35.1 Å². The second-order valence-electron chi connectivity index (χ2n) is 6.82. The van der Waals surface area contributed by atoms with Gasteiger partial charge in [-0.3, -0.25) is 4.79 Å². The number of aromatic amines is 1. The molecule has 7 heteroatoms. The van der Waals surface area contributed by atoms with Crippen molar-refractivity contribution in [1.29, 1.82) is 0 Å². The average Bonchev–Trinajstić information content (AvgIpc) is 3.40. The summed E-state index contributed by atoms with van der Waals surface area (Å²) >= 11 is 0. The van der Waals surface area contributed by atoms with E-state index in [0.29, 0.717) is 18.7 Å². The van der Waals surface area contributed by atoms with Crippen molar-refractivity contribution in [2.45, 2.75) is 31.0 Å². The predicted octanol–water partition coefficient (Wildman–Crippen LogP) is 0.963. The first kappa shape index (κ1) is 16.1. The van der Waals surface area contributed by atoms with Crippen LogP contribution in [0.3, 0.4) is 0 Å². The minimum Gasteiger partial charge on any atom is -0.394 e. The standard InChI is InChI=1S/C18H21N3O4/c22-10-14-9-21(18(5-6-18)11-25-14)17(24)19-8-13-7-12-3-1-2-4-15(12)20-16(13)23/h1-4,7,14,22H,5-6,8-11H2,(H,19,24)(H,20,23). The van der Waals surface area contributed by atoms with Crippen LogP contribution >= 0.6 is 0 Å². The first-order valence-electron chi connectivity index (χ1n) is 8.50. The van der Waals surface area contributed by atoms with E-state index in [1.54, 1.807) is 11.0 Å². The zero-order valence-electron chi connectivity index (χ0n) is 13.8. The molecule has 1 saturated heterocycles. The highest BCUT2D eigenvalue weighted by atomic mass is 16.5. The Hall–Kier alpha value is -2.38. The third-order valence-electron chi connectivity index (χ3n) is 5.08. The Kier molecular flexibility index (Phi) is 3.97. The zero-order chi connectivity index (χ0) is 17.4. The number of aliphatic hydroxyl groups is 1. The monoisotopic (exact) mass is 343 g/mol. The molecule has 0 radical (unpaired) electrons. The third-order valence-corrected chi connectivity index (χ3v) is 5.08. The summed E-state index contributed by atoms with van der Waals surface area (Å²) < 4.78 is 5.59. The van der Waals surface area contributed by atoms with Crippen LogP contribution in [0, 0.1) is 0 Å². The number of morpholine rings is 1. The Morgan fingerprint density at radius 3 is 2.96 bits per heavy atom. The quantitative estimate of drug-likeness (QED) is 0.774. The molecule has 1 aliphatic heterocycles. The fourth-order valence-electron chi connectivity index (χ4n) is 3.36. The molecule has 2 aliphatic rings. The number of hydrogen-bond donors (Lipinski definition) is 3. The summed E-state index contributed by atoms with van der Waals surface area (Å²) in [5.41, 5.74) is 0.864. The highest BCUT2D eigenvalue weighted by Gasteiger charge is 2.53. The third kappa shape index (κ3) is 3.01. The molecule has 1 unspecified atom stereocenters. The van der Waals surface area contributed by atoms with Crippen LogP contribution in [-0.4, -0.2) is 52.4 Å². The summed E-state index contributed by atoms with van der Waals surface area (Å²) in [5.74, 6) is 0. The van der Waals surface area contributed by atoms with Crippen molar-refractivity contribution in [3.8, 4) is 0 Å². The van der Waals surface area contributed by atoms with E-state index < -0.39 is 0 Å². The lowest BCUT2D eigenvalue weighted by Crippen LogP contribution is -2.57. The number of rotatable bonds is 3. The maximum atomic E-state index is 12.6. The Labute approximate surface area is 144 Å². The van der Waals surface area contributed by atoms with Gasteiger partial charge in [-0.15, -0.1) is 0 Å². The van der Waals surface area contributed by atoms with Gasteiger partial charge in [-0.2, -0.15) is 0 Å². The summed E-state index contributed by atoms with van der Waals surface area (Å²) in [6, 6.07) is 9.12. The molecule has 0 bridgehead atoms. The average molecular weight is 343 g/mol. The van der Waals surface area contributed by atoms with Gasteiger partial charge in [0.1, 0.15) is 0 Å². The maximum absolute atomic E-state index is 12.6. The smallest absolute Gasteiger partial charge is 0.318 e. The molecule has 7 nitrogen and oxygen atoms in total. The fraction of sp³-hybridized carbons (Fsp3) is 0.444. The number of carbonyl (C=O) groups excluding carboxylic acids is 1. The molecule has 1 aromatic heterocycles. The van der Waals surface area contributed by atoms with Gasteiger partial charge >= 0.3 is 6.03 Å². The van der Waals surface area contributed by atoms with Crippen molar-refractivity contribution < 1.29 is 14.6 Å². The molecule has 3 N–H and O–H groups in total. The summed E-state index contributed by atoms with van der Waals surface area (Å²) in [7, 11) is 0. The van der Waals surface area contributed by atoms with E-state index in [2.05, 4.69) is 10.3 Å². The molecule has 25 heavy (non-hydrogen) atoms. The van der Waals surface area contributed by atoms with E-state index >= 15 is 0 Å². The number of ether oxygens (including phenoxy) is 1. The van der Waals surface area contributed by atoms with Gasteiger partial charge in [0.25, 0.3) is 5.56 Å². The number of urea groups is 1. The summed E-state index contributed by atoms with van der Waals surface area (Å²) in [5, 5.41) is 13.1. The molecular formula is C18H21N3O4. The molecular weight excluding hydrogens is 322 g/mol.